The van der Waals surface area contributed by atoms with Crippen LogP contribution in [0.5, 0.6) is 5.75 Å². The van der Waals surface area contributed by atoms with E-state index in [-0.39, 0.29) is 0 Å². The quantitative estimate of drug-likeness (QED) is 0.766. The molecule has 2 heteroatoms. The van der Waals surface area contributed by atoms with Gasteiger partial charge in [-0.15, -0.1) is 0 Å². The molecule has 2 N–H and O–H groups in total. The van der Waals surface area contributed by atoms with Crippen molar-refractivity contribution in [1.82, 2.24) is 0 Å². The van der Waals surface area contributed by atoms with Gasteiger partial charge in [-0.05, 0) is 31.4 Å². The summed E-state index contributed by atoms with van der Waals surface area (Å²) in [4.78, 5) is 0. The minimum Gasteiger partial charge on any atom is -0.490 e. The average molecular weight is 177 g/mol. The van der Waals surface area contributed by atoms with Gasteiger partial charge >= 0.3 is 0 Å². The first-order valence-corrected chi connectivity index (χ1v) is 4.76. The predicted molar refractivity (Wildman–Crippen MR) is 52.7 cm³/mol. The van der Waals surface area contributed by atoms with Crippen LogP contribution in [0.1, 0.15) is 24.0 Å². The second kappa shape index (κ2) is 3.38. The molecule has 0 bridgehead atoms. The first-order chi connectivity index (χ1) is 6.29. The molecule has 0 saturated heterocycles. The number of aryl methyl sites for hydroxylation is 1. The SMILES string of the molecule is Cc1ccc(CN)c(OC2CC2)c1. The van der Waals surface area contributed by atoms with E-state index in [0.717, 1.165) is 11.3 Å². The van der Waals surface area contributed by atoms with E-state index in [1.165, 1.54) is 18.4 Å². The lowest BCUT2D eigenvalue weighted by Crippen LogP contribution is -2.03. The number of hydrogen-bond acceptors (Lipinski definition) is 2. The van der Waals surface area contributed by atoms with Crippen LogP contribution in [0.4, 0.5) is 0 Å². The molecule has 0 amide bonds. The molecule has 1 aliphatic carbocycles. The van der Waals surface area contributed by atoms with E-state index in [1.54, 1.807) is 0 Å². The van der Waals surface area contributed by atoms with Crippen LogP contribution in [0.2, 0.25) is 0 Å². The van der Waals surface area contributed by atoms with Crippen molar-refractivity contribution in [3.05, 3.63) is 29.3 Å². The molecule has 0 atom stereocenters. The molecule has 70 valence electrons. The topological polar surface area (TPSA) is 35.2 Å². The third-order valence-corrected chi connectivity index (χ3v) is 2.26. The van der Waals surface area contributed by atoms with Crippen LogP contribution in [0.25, 0.3) is 0 Å². The highest BCUT2D eigenvalue weighted by Crippen LogP contribution is 2.29. The highest BCUT2D eigenvalue weighted by atomic mass is 16.5. The van der Waals surface area contributed by atoms with Crippen LogP contribution >= 0.6 is 0 Å². The van der Waals surface area contributed by atoms with Crippen molar-refractivity contribution >= 4 is 0 Å². The van der Waals surface area contributed by atoms with Gasteiger partial charge in [0.25, 0.3) is 0 Å². The fraction of sp³-hybridized carbons (Fsp3) is 0.455. The average Bonchev–Trinajstić information content (AvgIpc) is 2.89. The van der Waals surface area contributed by atoms with Gasteiger partial charge in [-0.3, -0.25) is 0 Å². The Balaban J connectivity index is 2.22. The zero-order valence-electron chi connectivity index (χ0n) is 7.92. The largest absolute Gasteiger partial charge is 0.490 e. The van der Waals surface area contributed by atoms with E-state index in [4.69, 9.17) is 10.5 Å². The molecule has 1 saturated carbocycles. The lowest BCUT2D eigenvalue weighted by molar-refractivity contribution is 0.300. The van der Waals surface area contributed by atoms with Crippen LogP contribution in [0, 0.1) is 6.92 Å². The summed E-state index contributed by atoms with van der Waals surface area (Å²) in [6.45, 7) is 2.63. The zero-order valence-corrected chi connectivity index (χ0v) is 7.92. The Morgan fingerprint density at radius 3 is 2.85 bits per heavy atom. The number of benzene rings is 1. The van der Waals surface area contributed by atoms with Crippen LogP contribution in [0.3, 0.4) is 0 Å². The van der Waals surface area contributed by atoms with Gasteiger partial charge in [-0.2, -0.15) is 0 Å². The Bertz CT molecular complexity index is 305. The number of nitrogens with two attached hydrogens (primary N) is 1. The predicted octanol–water partition coefficient (Wildman–Crippen LogP) is 1.99. The van der Waals surface area contributed by atoms with Gasteiger partial charge in [0.1, 0.15) is 5.75 Å². The van der Waals surface area contributed by atoms with Gasteiger partial charge in [-0.25, -0.2) is 0 Å². The van der Waals surface area contributed by atoms with Gasteiger partial charge < -0.3 is 10.5 Å². The highest BCUT2D eigenvalue weighted by Gasteiger charge is 2.24. The van der Waals surface area contributed by atoms with Crippen molar-refractivity contribution in [3.8, 4) is 5.75 Å². The Kier molecular flexibility index (Phi) is 2.23. The van der Waals surface area contributed by atoms with Crippen LogP contribution in [-0.4, -0.2) is 6.10 Å². The Morgan fingerprint density at radius 1 is 1.46 bits per heavy atom. The van der Waals surface area contributed by atoms with Crippen molar-refractivity contribution in [2.45, 2.75) is 32.4 Å². The molecule has 2 nitrogen and oxygen atoms in total. The molecule has 0 aliphatic heterocycles. The van der Waals surface area contributed by atoms with E-state index in [1.807, 2.05) is 6.07 Å². The number of ether oxygens (including phenoxy) is 1. The zero-order chi connectivity index (χ0) is 9.26. The summed E-state index contributed by atoms with van der Waals surface area (Å²) in [6.07, 6.45) is 2.84. The smallest absolute Gasteiger partial charge is 0.124 e. The summed E-state index contributed by atoms with van der Waals surface area (Å²) >= 11 is 0. The van der Waals surface area contributed by atoms with E-state index < -0.39 is 0 Å². The minimum atomic E-state index is 0.451. The summed E-state index contributed by atoms with van der Waals surface area (Å²) in [7, 11) is 0. The number of rotatable bonds is 3. The molecular weight excluding hydrogens is 162 g/mol. The van der Waals surface area contributed by atoms with Crippen molar-refractivity contribution in [3.63, 3.8) is 0 Å². The molecule has 1 aromatic carbocycles. The molecule has 2 rings (SSSR count). The lowest BCUT2D eigenvalue weighted by atomic mass is 10.1. The minimum absolute atomic E-state index is 0.451. The van der Waals surface area contributed by atoms with Gasteiger partial charge in [0.05, 0.1) is 6.10 Å². The standard InChI is InChI=1S/C11H15NO/c1-8-2-3-9(7-12)11(6-8)13-10-4-5-10/h2-3,6,10H,4-5,7,12H2,1H3. The van der Waals surface area contributed by atoms with E-state index in [0.29, 0.717) is 12.6 Å². The van der Waals surface area contributed by atoms with Crippen molar-refractivity contribution in [1.29, 1.82) is 0 Å². The van der Waals surface area contributed by atoms with Crippen molar-refractivity contribution in [2.24, 2.45) is 5.73 Å². The normalized spacial score (nSPS) is 15.8. The van der Waals surface area contributed by atoms with E-state index in [9.17, 15) is 0 Å². The van der Waals surface area contributed by atoms with Gasteiger partial charge in [-0.1, -0.05) is 12.1 Å². The second-order valence-corrected chi connectivity index (χ2v) is 3.63. The van der Waals surface area contributed by atoms with Gasteiger partial charge in [0, 0.05) is 12.1 Å². The maximum atomic E-state index is 5.75. The number of hydrogen-bond donors (Lipinski definition) is 1. The fourth-order valence-electron chi connectivity index (χ4n) is 1.31. The molecule has 0 radical (unpaired) electrons. The Hall–Kier alpha value is -1.02. The third kappa shape index (κ3) is 2.01. The molecule has 1 aliphatic rings. The Morgan fingerprint density at radius 2 is 2.23 bits per heavy atom. The van der Waals surface area contributed by atoms with E-state index in [2.05, 4.69) is 19.1 Å². The molecular formula is C11H15NO. The summed E-state index contributed by atoms with van der Waals surface area (Å²) in [6, 6.07) is 6.19. The first-order valence-electron chi connectivity index (χ1n) is 4.76. The first kappa shape index (κ1) is 8.57. The molecule has 1 aromatic rings. The molecule has 0 aromatic heterocycles. The highest BCUT2D eigenvalue weighted by molar-refractivity contribution is 5.37. The summed E-state index contributed by atoms with van der Waals surface area (Å²) in [5.74, 6) is 0.977. The maximum absolute atomic E-state index is 5.75. The van der Waals surface area contributed by atoms with Gasteiger partial charge in [0.15, 0.2) is 0 Å². The van der Waals surface area contributed by atoms with Gasteiger partial charge in [0.2, 0.25) is 0 Å². The van der Waals surface area contributed by atoms with Crippen molar-refractivity contribution < 1.29 is 4.74 Å². The second-order valence-electron chi connectivity index (χ2n) is 3.63. The maximum Gasteiger partial charge on any atom is 0.124 e. The fourth-order valence-corrected chi connectivity index (χ4v) is 1.31. The lowest BCUT2D eigenvalue weighted by Gasteiger charge is -2.09. The van der Waals surface area contributed by atoms with E-state index >= 15 is 0 Å². The summed E-state index contributed by atoms with van der Waals surface area (Å²) < 4.78 is 5.75. The van der Waals surface area contributed by atoms with Crippen LogP contribution in [0.15, 0.2) is 18.2 Å². The monoisotopic (exact) mass is 177 g/mol. The molecule has 0 heterocycles. The molecule has 0 unspecified atom stereocenters. The van der Waals surface area contributed by atoms with Crippen LogP contribution < -0.4 is 10.5 Å². The van der Waals surface area contributed by atoms with Crippen molar-refractivity contribution in [2.75, 3.05) is 0 Å². The summed E-state index contributed by atoms with van der Waals surface area (Å²) in [5, 5.41) is 0. The molecule has 0 spiro atoms. The third-order valence-electron chi connectivity index (χ3n) is 2.26. The molecule has 1 fully saturated rings. The van der Waals surface area contributed by atoms with Crippen LogP contribution in [-0.2, 0) is 6.54 Å². The molecule has 13 heavy (non-hydrogen) atoms. The Labute approximate surface area is 78.7 Å². The summed E-state index contributed by atoms with van der Waals surface area (Å²) in [5.41, 5.74) is 7.96.